The van der Waals surface area contributed by atoms with Gasteiger partial charge in [0.2, 0.25) is 0 Å². The fraction of sp³-hybridized carbons (Fsp3) is 0. The highest BCUT2D eigenvalue weighted by Gasteiger charge is 2.15. The van der Waals surface area contributed by atoms with Crippen LogP contribution in [0.3, 0.4) is 0 Å². The van der Waals surface area contributed by atoms with Crippen LogP contribution < -0.4 is 0 Å². The van der Waals surface area contributed by atoms with E-state index in [0.29, 0.717) is 27.6 Å². The monoisotopic (exact) mass is 282 g/mol. The van der Waals surface area contributed by atoms with E-state index in [2.05, 4.69) is 20.4 Å². The molecular formula is C15H11FN4O. The van der Waals surface area contributed by atoms with Crippen molar-refractivity contribution in [2.24, 2.45) is 0 Å². The molecule has 6 heteroatoms. The van der Waals surface area contributed by atoms with Crippen LogP contribution in [0.15, 0.2) is 48.5 Å². The Balaban J connectivity index is 0.00000132. The van der Waals surface area contributed by atoms with E-state index in [-0.39, 0.29) is 11.3 Å². The minimum Gasteiger partial charge on any atom is -0.412 e. The molecular weight excluding hydrogens is 271 g/mol. The van der Waals surface area contributed by atoms with Gasteiger partial charge in [-0.3, -0.25) is 0 Å². The van der Waals surface area contributed by atoms with E-state index in [0.717, 1.165) is 5.56 Å². The number of H-pyrrole nitrogens is 1. The molecule has 0 aliphatic rings. The number of aromatic nitrogens is 4. The van der Waals surface area contributed by atoms with Crippen LogP contribution in [-0.4, -0.2) is 25.9 Å². The minimum absolute atomic E-state index is 0. The molecule has 3 N–H and O–H groups in total. The Morgan fingerprint density at radius 2 is 1.57 bits per heavy atom. The number of halogens is 1. The van der Waals surface area contributed by atoms with Crippen LogP contribution in [0.4, 0.5) is 4.39 Å². The molecule has 0 bridgehead atoms. The highest BCUT2D eigenvalue weighted by molar-refractivity contribution is 6.06. The number of fused-ring (bicyclic) bond motifs is 3. The summed E-state index contributed by atoms with van der Waals surface area (Å²) in [5, 5.41) is 11.5. The predicted molar refractivity (Wildman–Crippen MR) is 78.2 cm³/mol. The standard InChI is InChI=1S/C15H9FN4.H2O/c16-11-8-4-7-10-13(11)17-12(9-5-2-1-3-6-9)15-14(10)18-20-19-15;/h1-8H,(H,18,19,20);1H2. The summed E-state index contributed by atoms with van der Waals surface area (Å²) in [4.78, 5) is 4.45. The first-order valence-electron chi connectivity index (χ1n) is 6.19. The van der Waals surface area contributed by atoms with Crippen LogP contribution in [0.2, 0.25) is 0 Å². The number of para-hydroxylation sites is 1. The Hall–Kier alpha value is -2.86. The molecule has 0 saturated carbocycles. The van der Waals surface area contributed by atoms with Crippen molar-refractivity contribution in [2.75, 3.05) is 0 Å². The second kappa shape index (κ2) is 4.92. The van der Waals surface area contributed by atoms with Gasteiger partial charge in [0.05, 0.1) is 0 Å². The summed E-state index contributed by atoms with van der Waals surface area (Å²) in [7, 11) is 0. The minimum atomic E-state index is -0.357. The van der Waals surface area contributed by atoms with Crippen molar-refractivity contribution in [2.45, 2.75) is 0 Å². The van der Waals surface area contributed by atoms with Crippen LogP contribution in [0.25, 0.3) is 33.2 Å². The molecule has 0 aliphatic carbocycles. The van der Waals surface area contributed by atoms with Gasteiger partial charge in [-0.25, -0.2) is 9.37 Å². The summed E-state index contributed by atoms with van der Waals surface area (Å²) >= 11 is 0. The summed E-state index contributed by atoms with van der Waals surface area (Å²) < 4.78 is 14.0. The largest absolute Gasteiger partial charge is 0.412 e. The number of aromatic amines is 1. The lowest BCUT2D eigenvalue weighted by Crippen LogP contribution is -1.91. The van der Waals surface area contributed by atoms with E-state index in [1.165, 1.54) is 6.07 Å². The van der Waals surface area contributed by atoms with Crippen molar-refractivity contribution in [1.82, 2.24) is 20.4 Å². The maximum atomic E-state index is 14.0. The van der Waals surface area contributed by atoms with Crippen molar-refractivity contribution in [1.29, 1.82) is 0 Å². The molecule has 2 aromatic heterocycles. The molecule has 2 aromatic carbocycles. The second-order valence-corrected chi connectivity index (χ2v) is 4.48. The Kier molecular flexibility index (Phi) is 3.08. The molecule has 0 aliphatic heterocycles. The Labute approximate surface area is 118 Å². The summed E-state index contributed by atoms with van der Waals surface area (Å²) in [6.07, 6.45) is 0. The van der Waals surface area contributed by atoms with Gasteiger partial charge in [-0.2, -0.15) is 15.4 Å². The number of rotatable bonds is 1. The van der Waals surface area contributed by atoms with Gasteiger partial charge >= 0.3 is 0 Å². The Bertz CT molecular complexity index is 921. The predicted octanol–water partition coefficient (Wildman–Crippen LogP) is 2.49. The third-order valence-electron chi connectivity index (χ3n) is 3.28. The van der Waals surface area contributed by atoms with Crippen molar-refractivity contribution in [3.8, 4) is 11.3 Å². The first-order valence-corrected chi connectivity index (χ1v) is 6.19. The SMILES string of the molecule is Fc1cccc2c1nc(-c1ccccc1)c1n[nH]nc12.O. The van der Waals surface area contributed by atoms with Gasteiger partial charge in [0.15, 0.2) is 0 Å². The van der Waals surface area contributed by atoms with E-state index in [1.54, 1.807) is 12.1 Å². The first-order chi connectivity index (χ1) is 9.84. The molecule has 0 amide bonds. The molecule has 4 aromatic rings. The number of benzene rings is 2. The summed E-state index contributed by atoms with van der Waals surface area (Å²) in [5.74, 6) is -0.357. The van der Waals surface area contributed by atoms with E-state index >= 15 is 0 Å². The van der Waals surface area contributed by atoms with Gasteiger partial charge < -0.3 is 5.48 Å². The molecule has 0 fully saturated rings. The fourth-order valence-corrected chi connectivity index (χ4v) is 2.37. The normalized spacial score (nSPS) is 10.7. The van der Waals surface area contributed by atoms with Crippen LogP contribution in [0.5, 0.6) is 0 Å². The van der Waals surface area contributed by atoms with Crippen molar-refractivity contribution in [3.63, 3.8) is 0 Å². The average molecular weight is 282 g/mol. The molecule has 2 heterocycles. The van der Waals surface area contributed by atoms with E-state index in [9.17, 15) is 4.39 Å². The summed E-state index contributed by atoms with van der Waals surface area (Å²) in [6.45, 7) is 0. The van der Waals surface area contributed by atoms with E-state index in [1.807, 2.05) is 30.3 Å². The second-order valence-electron chi connectivity index (χ2n) is 4.48. The molecule has 4 rings (SSSR count). The smallest absolute Gasteiger partial charge is 0.149 e. The molecule has 0 unspecified atom stereocenters. The van der Waals surface area contributed by atoms with Gasteiger partial charge in [0.1, 0.15) is 28.1 Å². The number of pyridine rings is 1. The number of nitrogens with one attached hydrogen (secondary N) is 1. The van der Waals surface area contributed by atoms with Gasteiger partial charge in [0.25, 0.3) is 0 Å². The number of hydrogen-bond donors (Lipinski definition) is 1. The van der Waals surface area contributed by atoms with Crippen molar-refractivity contribution >= 4 is 21.9 Å². The van der Waals surface area contributed by atoms with E-state index in [4.69, 9.17) is 0 Å². The zero-order valence-electron chi connectivity index (χ0n) is 10.8. The van der Waals surface area contributed by atoms with Gasteiger partial charge in [-0.15, -0.1) is 0 Å². The maximum absolute atomic E-state index is 14.0. The number of hydrogen-bond acceptors (Lipinski definition) is 3. The molecule has 0 saturated heterocycles. The van der Waals surface area contributed by atoms with Crippen LogP contribution in [-0.2, 0) is 0 Å². The average Bonchev–Trinajstić information content (AvgIpc) is 2.97. The fourth-order valence-electron chi connectivity index (χ4n) is 2.37. The lowest BCUT2D eigenvalue weighted by Gasteiger charge is -2.05. The molecule has 104 valence electrons. The molecule has 0 spiro atoms. The Morgan fingerprint density at radius 1 is 0.810 bits per heavy atom. The van der Waals surface area contributed by atoms with Gasteiger partial charge in [0, 0.05) is 10.9 Å². The highest BCUT2D eigenvalue weighted by Crippen LogP contribution is 2.30. The van der Waals surface area contributed by atoms with Gasteiger partial charge in [-0.05, 0) is 6.07 Å². The van der Waals surface area contributed by atoms with E-state index < -0.39 is 0 Å². The van der Waals surface area contributed by atoms with Crippen molar-refractivity contribution < 1.29 is 9.87 Å². The third-order valence-corrected chi connectivity index (χ3v) is 3.28. The Morgan fingerprint density at radius 3 is 2.38 bits per heavy atom. The van der Waals surface area contributed by atoms with Gasteiger partial charge in [-0.1, -0.05) is 42.5 Å². The first kappa shape index (κ1) is 13.1. The lowest BCUT2D eigenvalue weighted by atomic mass is 10.1. The summed E-state index contributed by atoms with van der Waals surface area (Å²) in [6, 6.07) is 14.4. The molecule has 5 nitrogen and oxygen atoms in total. The van der Waals surface area contributed by atoms with Crippen LogP contribution >= 0.6 is 0 Å². The summed E-state index contributed by atoms with van der Waals surface area (Å²) in [5.41, 5.74) is 3.11. The highest BCUT2D eigenvalue weighted by atomic mass is 19.1. The molecule has 0 atom stereocenters. The quantitative estimate of drug-likeness (QED) is 0.582. The topological polar surface area (TPSA) is 86.0 Å². The zero-order valence-corrected chi connectivity index (χ0v) is 10.8. The molecule has 21 heavy (non-hydrogen) atoms. The van der Waals surface area contributed by atoms with Crippen LogP contribution in [0.1, 0.15) is 0 Å². The van der Waals surface area contributed by atoms with Crippen molar-refractivity contribution in [3.05, 3.63) is 54.3 Å². The zero-order chi connectivity index (χ0) is 13.5. The number of nitrogens with zero attached hydrogens (tertiary/aromatic N) is 3. The molecule has 0 radical (unpaired) electrons. The lowest BCUT2D eigenvalue weighted by molar-refractivity contribution is 0.637. The van der Waals surface area contributed by atoms with Crippen LogP contribution in [0, 0.1) is 5.82 Å². The maximum Gasteiger partial charge on any atom is 0.149 e. The third kappa shape index (κ3) is 1.93.